The third-order valence-electron chi connectivity index (χ3n) is 13.0. The SMILES string of the molecule is CCCCCCCCCCC\C=C/C=C\C=C/C=C/C(=O)OC[C@H](COP(=O)(O)OCC[N+](C)(C)C)OC(=O)CCCCCCCCCCCCCCCCCCCCCCCCCCCCCCC. The molecule has 0 fully saturated rings. The van der Waals surface area contributed by atoms with Gasteiger partial charge in [0.15, 0.2) is 6.10 Å². The molecule has 0 aliphatic rings. The Hall–Kier alpha value is -2.03. The number of allylic oxidation sites excluding steroid dienone is 7. The average Bonchev–Trinajstić information content (AvgIpc) is 3.32. The molecule has 9 nitrogen and oxygen atoms in total. The zero-order valence-electron chi connectivity index (χ0n) is 46.5. The summed E-state index contributed by atoms with van der Waals surface area (Å²) in [6.45, 7) is 4.29. The van der Waals surface area contributed by atoms with Crippen LogP contribution in [0.25, 0.3) is 0 Å². The normalized spacial score (nSPS) is 13.6. The second kappa shape index (κ2) is 51.9. The van der Waals surface area contributed by atoms with Crippen LogP contribution >= 0.6 is 7.82 Å². The van der Waals surface area contributed by atoms with Gasteiger partial charge in [0.05, 0.1) is 27.7 Å². The average molecular weight is 1010 g/mol. The summed E-state index contributed by atoms with van der Waals surface area (Å²) in [6, 6.07) is 0. The lowest BCUT2D eigenvalue weighted by atomic mass is 10.0. The molecule has 0 saturated carbocycles. The Morgan fingerprint density at radius 1 is 0.471 bits per heavy atom. The standard InChI is InChI=1S/C60H112NO8P/c1-6-8-10-12-14-16-18-20-22-24-25-26-27-28-29-30-31-32-33-34-35-37-39-41-43-45-47-49-51-53-60(63)69-58(57-68-70(64,65)67-55-54-61(3,4)5)56-66-59(62)52-50-48-46-44-42-40-38-36-23-21-19-17-15-13-11-9-7-2/h38,40,42,44,46,48,50,52,58H,6-37,39,41,43,45,47,49,51,53-57H2,1-5H3/p+1/b40-38-,44-42-,48-46-,52-50+/t58-/m1/s1. The minimum Gasteiger partial charge on any atom is -0.458 e. The van der Waals surface area contributed by atoms with E-state index in [-0.39, 0.29) is 19.6 Å². The number of ether oxygens (including phenoxy) is 2. The first-order valence-corrected chi connectivity index (χ1v) is 30.9. The van der Waals surface area contributed by atoms with E-state index in [4.69, 9.17) is 18.5 Å². The molecule has 0 aliphatic carbocycles. The maximum absolute atomic E-state index is 12.8. The summed E-state index contributed by atoms with van der Waals surface area (Å²) in [5.74, 6) is -1.08. The van der Waals surface area contributed by atoms with E-state index in [1.54, 1.807) is 12.2 Å². The third-order valence-corrected chi connectivity index (χ3v) is 14.0. The third kappa shape index (κ3) is 55.3. The van der Waals surface area contributed by atoms with Crippen LogP contribution in [0.3, 0.4) is 0 Å². The van der Waals surface area contributed by atoms with Crippen molar-refractivity contribution in [2.24, 2.45) is 0 Å². The van der Waals surface area contributed by atoms with E-state index < -0.39 is 32.5 Å². The number of hydrogen-bond acceptors (Lipinski definition) is 7. The van der Waals surface area contributed by atoms with E-state index in [1.165, 1.54) is 224 Å². The minimum absolute atomic E-state index is 0.0134. The molecule has 1 unspecified atom stereocenters. The molecule has 0 aromatic carbocycles. The molecular weight excluding hydrogens is 894 g/mol. The first kappa shape index (κ1) is 68.0. The maximum Gasteiger partial charge on any atom is 0.472 e. The van der Waals surface area contributed by atoms with Crippen molar-refractivity contribution < 1.29 is 42.1 Å². The largest absolute Gasteiger partial charge is 0.472 e. The molecule has 0 heterocycles. The van der Waals surface area contributed by atoms with Crippen molar-refractivity contribution in [1.29, 1.82) is 0 Å². The summed E-state index contributed by atoms with van der Waals surface area (Å²) in [5.41, 5.74) is 0. The molecule has 1 N–H and O–H groups in total. The predicted molar refractivity (Wildman–Crippen MR) is 298 cm³/mol. The van der Waals surface area contributed by atoms with E-state index in [0.29, 0.717) is 17.4 Å². The highest BCUT2D eigenvalue weighted by Crippen LogP contribution is 2.43. The summed E-state index contributed by atoms with van der Waals surface area (Å²) in [7, 11) is 1.42. The van der Waals surface area contributed by atoms with Crippen LogP contribution in [-0.2, 0) is 32.7 Å². The predicted octanol–water partition coefficient (Wildman–Crippen LogP) is 18.1. The van der Waals surface area contributed by atoms with Crippen molar-refractivity contribution in [2.75, 3.05) is 47.5 Å². The molecule has 410 valence electrons. The highest BCUT2D eigenvalue weighted by molar-refractivity contribution is 7.47. The summed E-state index contributed by atoms with van der Waals surface area (Å²) < 4.78 is 34.3. The van der Waals surface area contributed by atoms with Crippen LogP contribution in [-0.4, -0.2) is 74.9 Å². The quantitative estimate of drug-likeness (QED) is 0.0160. The molecule has 10 heteroatoms. The van der Waals surface area contributed by atoms with Gasteiger partial charge in [0.2, 0.25) is 0 Å². The number of rotatable bonds is 54. The van der Waals surface area contributed by atoms with Crippen molar-refractivity contribution in [2.45, 2.75) is 277 Å². The van der Waals surface area contributed by atoms with Crippen molar-refractivity contribution in [3.63, 3.8) is 0 Å². The van der Waals surface area contributed by atoms with E-state index >= 15 is 0 Å². The fraction of sp³-hybridized carbons (Fsp3) is 0.833. The lowest BCUT2D eigenvalue weighted by Gasteiger charge is -2.24. The van der Waals surface area contributed by atoms with Gasteiger partial charge in [-0.1, -0.05) is 288 Å². The second-order valence-electron chi connectivity index (χ2n) is 21.2. The monoisotopic (exact) mass is 1010 g/mol. The highest BCUT2D eigenvalue weighted by atomic mass is 31.2. The molecule has 0 rings (SSSR count). The number of carbonyl (C=O) groups excluding carboxylic acids is 2. The number of nitrogens with zero attached hydrogens (tertiary/aromatic N) is 1. The van der Waals surface area contributed by atoms with Crippen molar-refractivity contribution in [1.82, 2.24) is 0 Å². The van der Waals surface area contributed by atoms with Crippen LogP contribution in [0.15, 0.2) is 48.6 Å². The molecule has 0 aromatic rings. The Morgan fingerprint density at radius 3 is 1.23 bits per heavy atom. The molecule has 2 atom stereocenters. The van der Waals surface area contributed by atoms with Crippen LogP contribution in [0.5, 0.6) is 0 Å². The van der Waals surface area contributed by atoms with Gasteiger partial charge in [-0.15, -0.1) is 0 Å². The molecule has 0 aliphatic heterocycles. The van der Waals surface area contributed by atoms with Crippen LogP contribution in [0, 0.1) is 0 Å². The number of carbonyl (C=O) groups is 2. The smallest absolute Gasteiger partial charge is 0.458 e. The topological polar surface area (TPSA) is 108 Å². The summed E-state index contributed by atoms with van der Waals surface area (Å²) in [6.07, 6.45) is 65.6. The van der Waals surface area contributed by atoms with Gasteiger partial charge < -0.3 is 18.9 Å². The second-order valence-corrected chi connectivity index (χ2v) is 22.6. The molecule has 0 amide bonds. The van der Waals surface area contributed by atoms with Crippen LogP contribution < -0.4 is 0 Å². The molecule has 0 saturated heterocycles. The van der Waals surface area contributed by atoms with E-state index in [0.717, 1.165) is 25.7 Å². The van der Waals surface area contributed by atoms with E-state index in [9.17, 15) is 19.0 Å². The van der Waals surface area contributed by atoms with Gasteiger partial charge in [-0.3, -0.25) is 13.8 Å². The van der Waals surface area contributed by atoms with Gasteiger partial charge in [-0.2, -0.15) is 0 Å². The van der Waals surface area contributed by atoms with Gasteiger partial charge >= 0.3 is 19.8 Å². The van der Waals surface area contributed by atoms with Gasteiger partial charge in [-0.05, 0) is 19.3 Å². The first-order chi connectivity index (χ1) is 34.0. The van der Waals surface area contributed by atoms with Crippen molar-refractivity contribution in [3.8, 4) is 0 Å². The first-order valence-electron chi connectivity index (χ1n) is 29.4. The number of hydrogen-bond donors (Lipinski definition) is 1. The molecule has 0 bridgehead atoms. The number of unbranched alkanes of at least 4 members (excludes halogenated alkanes) is 37. The Bertz CT molecular complexity index is 1320. The Labute approximate surface area is 433 Å². The van der Waals surface area contributed by atoms with Gasteiger partial charge in [-0.25, -0.2) is 9.36 Å². The fourth-order valence-corrected chi connectivity index (χ4v) is 9.22. The van der Waals surface area contributed by atoms with Gasteiger partial charge in [0.1, 0.15) is 19.8 Å². The van der Waals surface area contributed by atoms with Crippen LogP contribution in [0.2, 0.25) is 0 Å². The number of likely N-dealkylation sites (N-methyl/N-ethyl adjacent to an activating group) is 1. The van der Waals surface area contributed by atoms with Crippen LogP contribution in [0.4, 0.5) is 0 Å². The van der Waals surface area contributed by atoms with Crippen molar-refractivity contribution in [3.05, 3.63) is 48.6 Å². The number of phosphoric acid groups is 1. The Kier molecular flexibility index (Phi) is 50.4. The Balaban J connectivity index is 4.17. The molecule has 0 radical (unpaired) electrons. The summed E-state index contributed by atoms with van der Waals surface area (Å²) in [5, 5.41) is 0. The molecule has 70 heavy (non-hydrogen) atoms. The number of phosphoric ester groups is 1. The Morgan fingerprint density at radius 2 is 0.829 bits per heavy atom. The van der Waals surface area contributed by atoms with E-state index in [1.807, 2.05) is 45.4 Å². The summed E-state index contributed by atoms with van der Waals surface area (Å²) >= 11 is 0. The maximum atomic E-state index is 12.8. The summed E-state index contributed by atoms with van der Waals surface area (Å²) in [4.78, 5) is 35.5. The van der Waals surface area contributed by atoms with Crippen LogP contribution in [0.1, 0.15) is 271 Å². The van der Waals surface area contributed by atoms with Gasteiger partial charge in [0, 0.05) is 12.5 Å². The number of esters is 2. The van der Waals surface area contributed by atoms with E-state index in [2.05, 4.69) is 19.9 Å². The lowest BCUT2D eigenvalue weighted by molar-refractivity contribution is -0.870. The van der Waals surface area contributed by atoms with Gasteiger partial charge in [0.25, 0.3) is 0 Å². The minimum atomic E-state index is -4.41. The molecule has 0 aromatic heterocycles. The fourth-order valence-electron chi connectivity index (χ4n) is 8.48. The molecular formula is C60H113NO8P+. The lowest BCUT2D eigenvalue weighted by Crippen LogP contribution is -2.37. The van der Waals surface area contributed by atoms with Crippen molar-refractivity contribution >= 4 is 19.8 Å². The molecule has 0 spiro atoms. The zero-order valence-corrected chi connectivity index (χ0v) is 47.4. The zero-order chi connectivity index (χ0) is 51.3. The number of quaternary nitrogens is 1. The highest BCUT2D eigenvalue weighted by Gasteiger charge is 2.27.